The molecule has 0 amide bonds. The Balaban J connectivity index is 2.01. The molecule has 100 valence electrons. The van der Waals surface area contributed by atoms with Gasteiger partial charge < -0.3 is 5.73 Å². The average molecular weight is 269 g/mol. The highest BCUT2D eigenvalue weighted by Crippen LogP contribution is 2.26. The van der Waals surface area contributed by atoms with Crippen LogP contribution in [0.15, 0.2) is 18.5 Å². The lowest BCUT2D eigenvalue weighted by Crippen LogP contribution is -2.24. The van der Waals surface area contributed by atoms with Gasteiger partial charge in [0.05, 0.1) is 23.3 Å². The molecule has 0 atom stereocenters. The molecule has 6 heteroatoms. The number of aromatic nitrogens is 1. The maximum absolute atomic E-state index is 12.0. The summed E-state index contributed by atoms with van der Waals surface area (Å²) in [6, 6.07) is 1.58. The van der Waals surface area contributed by atoms with Crippen LogP contribution in [0.2, 0.25) is 0 Å². The van der Waals surface area contributed by atoms with Gasteiger partial charge in [-0.15, -0.1) is 0 Å². The van der Waals surface area contributed by atoms with Crippen molar-refractivity contribution in [3.63, 3.8) is 0 Å². The molecule has 1 saturated carbocycles. The molecule has 18 heavy (non-hydrogen) atoms. The van der Waals surface area contributed by atoms with Gasteiger partial charge in [-0.2, -0.15) is 0 Å². The fourth-order valence-electron chi connectivity index (χ4n) is 2.37. The number of sulfonamides is 1. The minimum absolute atomic E-state index is 0.189. The molecule has 5 nitrogen and oxygen atoms in total. The molecule has 0 bridgehead atoms. The van der Waals surface area contributed by atoms with Crippen LogP contribution in [0.1, 0.15) is 32.1 Å². The minimum Gasteiger partial charge on any atom is -0.396 e. The highest BCUT2D eigenvalue weighted by atomic mass is 32.2. The second kappa shape index (κ2) is 5.56. The molecule has 0 spiro atoms. The summed E-state index contributed by atoms with van der Waals surface area (Å²) in [7, 11) is -3.31. The van der Waals surface area contributed by atoms with Gasteiger partial charge in [-0.05, 0) is 24.8 Å². The van der Waals surface area contributed by atoms with E-state index in [9.17, 15) is 8.42 Å². The summed E-state index contributed by atoms with van der Waals surface area (Å²) in [5, 5.41) is 0. The van der Waals surface area contributed by atoms with Crippen molar-refractivity contribution in [3.05, 3.63) is 18.5 Å². The third kappa shape index (κ3) is 3.60. The smallest absolute Gasteiger partial charge is 0.233 e. The Kier molecular flexibility index (Phi) is 4.06. The second-order valence-electron chi connectivity index (χ2n) is 4.85. The first-order valence-corrected chi connectivity index (χ1v) is 7.92. The van der Waals surface area contributed by atoms with Crippen molar-refractivity contribution in [2.45, 2.75) is 32.1 Å². The predicted octanol–water partition coefficient (Wildman–Crippen LogP) is 1.99. The van der Waals surface area contributed by atoms with Gasteiger partial charge in [0.15, 0.2) is 0 Å². The normalized spacial score (nSPS) is 17.6. The van der Waals surface area contributed by atoms with E-state index in [-0.39, 0.29) is 11.7 Å². The molecule has 1 aromatic heterocycles. The molecule has 0 unspecified atom stereocenters. The van der Waals surface area contributed by atoms with E-state index in [1.54, 1.807) is 6.07 Å². The third-order valence-electron chi connectivity index (χ3n) is 3.30. The standard InChI is InChI=1S/C12H19N3O2S/c13-11-8-14-7-6-12(11)15-18(16,17)9-10-4-2-1-3-5-10/h6-8,10H,1-5,9,13H2,(H,14,15). The van der Waals surface area contributed by atoms with Crippen molar-refractivity contribution < 1.29 is 8.42 Å². The number of nitrogens with one attached hydrogen (secondary N) is 1. The van der Waals surface area contributed by atoms with Gasteiger partial charge in [-0.1, -0.05) is 19.3 Å². The van der Waals surface area contributed by atoms with Gasteiger partial charge in [-0.3, -0.25) is 9.71 Å². The summed E-state index contributed by atoms with van der Waals surface area (Å²) < 4.78 is 26.6. The average Bonchev–Trinajstić information content (AvgIpc) is 2.32. The molecule has 3 N–H and O–H groups in total. The van der Waals surface area contributed by atoms with Crippen LogP contribution < -0.4 is 10.5 Å². The lowest BCUT2D eigenvalue weighted by molar-refractivity contribution is 0.385. The predicted molar refractivity (Wildman–Crippen MR) is 72.6 cm³/mol. The highest BCUT2D eigenvalue weighted by molar-refractivity contribution is 7.92. The Morgan fingerprint density at radius 2 is 2.06 bits per heavy atom. The van der Waals surface area contributed by atoms with Crippen molar-refractivity contribution in [2.24, 2.45) is 5.92 Å². The van der Waals surface area contributed by atoms with Crippen molar-refractivity contribution in [3.8, 4) is 0 Å². The molecule has 2 rings (SSSR count). The number of rotatable bonds is 4. The van der Waals surface area contributed by atoms with Crippen molar-refractivity contribution in [1.29, 1.82) is 0 Å². The quantitative estimate of drug-likeness (QED) is 0.875. The Labute approximate surface area is 108 Å². The van der Waals surface area contributed by atoms with Crippen molar-refractivity contribution in [2.75, 3.05) is 16.2 Å². The molecular weight excluding hydrogens is 250 g/mol. The van der Waals surface area contributed by atoms with Crippen molar-refractivity contribution >= 4 is 21.4 Å². The van der Waals surface area contributed by atoms with E-state index in [0.717, 1.165) is 25.7 Å². The number of nitrogens with zero attached hydrogens (tertiary/aromatic N) is 1. The maximum atomic E-state index is 12.0. The molecule has 0 aliphatic heterocycles. The van der Waals surface area contributed by atoms with E-state index < -0.39 is 10.0 Å². The zero-order chi connectivity index (χ0) is 13.0. The number of hydrogen-bond acceptors (Lipinski definition) is 4. The van der Waals surface area contributed by atoms with E-state index in [0.29, 0.717) is 11.4 Å². The van der Waals surface area contributed by atoms with Crippen LogP contribution in [-0.2, 0) is 10.0 Å². The molecule has 0 saturated heterocycles. The summed E-state index contributed by atoms with van der Waals surface area (Å²) in [5.41, 5.74) is 6.44. The summed E-state index contributed by atoms with van der Waals surface area (Å²) >= 11 is 0. The molecule has 1 heterocycles. The van der Waals surface area contributed by atoms with E-state index in [4.69, 9.17) is 5.73 Å². The molecule has 0 radical (unpaired) electrons. The van der Waals surface area contributed by atoms with Crippen LogP contribution in [0.4, 0.5) is 11.4 Å². The fraction of sp³-hybridized carbons (Fsp3) is 0.583. The first-order chi connectivity index (χ1) is 8.57. The Morgan fingerprint density at radius 3 is 2.72 bits per heavy atom. The fourth-order valence-corrected chi connectivity index (χ4v) is 3.93. The van der Waals surface area contributed by atoms with Gasteiger partial charge in [-0.25, -0.2) is 8.42 Å². The lowest BCUT2D eigenvalue weighted by atomic mass is 9.91. The minimum atomic E-state index is -3.31. The number of nitrogen functional groups attached to an aromatic ring is 1. The summed E-state index contributed by atoms with van der Waals surface area (Å²) in [4.78, 5) is 3.83. The summed E-state index contributed by atoms with van der Waals surface area (Å²) in [6.07, 6.45) is 8.48. The van der Waals surface area contributed by atoms with E-state index in [1.807, 2.05) is 0 Å². The van der Waals surface area contributed by atoms with Gasteiger partial charge in [0.25, 0.3) is 0 Å². The van der Waals surface area contributed by atoms with Gasteiger partial charge >= 0.3 is 0 Å². The van der Waals surface area contributed by atoms with Crippen LogP contribution in [-0.4, -0.2) is 19.2 Å². The monoisotopic (exact) mass is 269 g/mol. The third-order valence-corrected chi connectivity index (χ3v) is 4.74. The number of pyridine rings is 1. The first kappa shape index (κ1) is 13.1. The molecular formula is C12H19N3O2S. The highest BCUT2D eigenvalue weighted by Gasteiger charge is 2.21. The van der Waals surface area contributed by atoms with Gasteiger partial charge in [0.2, 0.25) is 10.0 Å². The van der Waals surface area contributed by atoms with Gasteiger partial charge in [0.1, 0.15) is 0 Å². The number of anilines is 2. The maximum Gasteiger partial charge on any atom is 0.233 e. The Morgan fingerprint density at radius 1 is 1.33 bits per heavy atom. The molecule has 0 aromatic carbocycles. The van der Waals surface area contributed by atoms with Crippen LogP contribution in [0.3, 0.4) is 0 Å². The Hall–Kier alpha value is -1.30. The SMILES string of the molecule is Nc1cnccc1NS(=O)(=O)CC1CCCCC1. The van der Waals surface area contributed by atoms with Crippen molar-refractivity contribution in [1.82, 2.24) is 4.98 Å². The van der Waals surface area contributed by atoms with Crippen LogP contribution in [0.25, 0.3) is 0 Å². The van der Waals surface area contributed by atoms with Crippen LogP contribution >= 0.6 is 0 Å². The largest absolute Gasteiger partial charge is 0.396 e. The summed E-state index contributed by atoms with van der Waals surface area (Å²) in [5.74, 6) is 0.466. The van der Waals surface area contributed by atoms with E-state index >= 15 is 0 Å². The van der Waals surface area contributed by atoms with Crippen LogP contribution in [0, 0.1) is 5.92 Å². The first-order valence-electron chi connectivity index (χ1n) is 6.27. The Bertz CT molecular complexity index is 496. The topological polar surface area (TPSA) is 85.1 Å². The number of hydrogen-bond donors (Lipinski definition) is 2. The second-order valence-corrected chi connectivity index (χ2v) is 6.62. The zero-order valence-electron chi connectivity index (χ0n) is 10.3. The lowest BCUT2D eigenvalue weighted by Gasteiger charge is -2.21. The summed E-state index contributed by atoms with van der Waals surface area (Å²) in [6.45, 7) is 0. The zero-order valence-corrected chi connectivity index (χ0v) is 11.1. The molecule has 1 aromatic rings. The van der Waals surface area contributed by atoms with Crippen LogP contribution in [0.5, 0.6) is 0 Å². The van der Waals surface area contributed by atoms with Gasteiger partial charge in [0, 0.05) is 6.20 Å². The molecule has 1 fully saturated rings. The molecule has 1 aliphatic carbocycles. The number of nitrogens with two attached hydrogens (primary N) is 1. The van der Waals surface area contributed by atoms with E-state index in [2.05, 4.69) is 9.71 Å². The van der Waals surface area contributed by atoms with E-state index in [1.165, 1.54) is 18.8 Å². The molecule has 1 aliphatic rings.